The van der Waals surface area contributed by atoms with E-state index in [0.717, 1.165) is 19.4 Å². The number of carbonyl (C=O) groups excluding carboxylic acids is 1. The van der Waals surface area contributed by atoms with Crippen molar-refractivity contribution in [3.05, 3.63) is 17.2 Å². The average molecular weight is 324 g/mol. The molecule has 0 aliphatic carbocycles. The molecule has 0 N–H and O–H groups in total. The molecule has 22 heavy (non-hydrogen) atoms. The standard InChI is InChI=1S/C14H18ClN5O2/c1-8-10(5-4-6-19(8)2)20-13-9(11(15)18-20)7-16-12(17-13)14(21)22-3/h7-8,10H,4-6H2,1-3H3. The van der Waals surface area contributed by atoms with Gasteiger partial charge in [0, 0.05) is 12.2 Å². The van der Waals surface area contributed by atoms with Crippen LogP contribution in [-0.4, -0.2) is 57.4 Å². The van der Waals surface area contributed by atoms with Gasteiger partial charge in [-0.15, -0.1) is 0 Å². The summed E-state index contributed by atoms with van der Waals surface area (Å²) in [7, 11) is 3.40. The number of hydrogen-bond acceptors (Lipinski definition) is 6. The molecule has 1 aliphatic heterocycles. The third-order valence-electron chi connectivity index (χ3n) is 4.35. The number of carbonyl (C=O) groups is 1. The van der Waals surface area contributed by atoms with E-state index < -0.39 is 5.97 Å². The number of methoxy groups -OCH3 is 1. The number of likely N-dealkylation sites (tertiary alicyclic amines) is 1. The normalized spacial score (nSPS) is 22.9. The first-order chi connectivity index (χ1) is 10.5. The van der Waals surface area contributed by atoms with Crippen LogP contribution < -0.4 is 0 Å². The van der Waals surface area contributed by atoms with Gasteiger partial charge in [-0.2, -0.15) is 5.10 Å². The second-order valence-electron chi connectivity index (χ2n) is 5.59. The van der Waals surface area contributed by atoms with Gasteiger partial charge >= 0.3 is 5.97 Å². The van der Waals surface area contributed by atoms with Crippen molar-refractivity contribution in [2.24, 2.45) is 0 Å². The fourth-order valence-corrected chi connectivity index (χ4v) is 3.14. The third-order valence-corrected chi connectivity index (χ3v) is 4.63. The summed E-state index contributed by atoms with van der Waals surface area (Å²) in [5.41, 5.74) is 0.576. The van der Waals surface area contributed by atoms with Crippen LogP contribution in [0, 0.1) is 0 Å². The predicted octanol–water partition coefficient (Wildman–Crippen LogP) is 1.92. The first kappa shape index (κ1) is 15.2. The van der Waals surface area contributed by atoms with E-state index in [1.807, 2.05) is 4.68 Å². The van der Waals surface area contributed by atoms with Crippen LogP contribution in [0.1, 0.15) is 36.4 Å². The molecule has 3 heterocycles. The maximum atomic E-state index is 11.6. The fourth-order valence-electron chi connectivity index (χ4n) is 2.92. The molecule has 0 amide bonds. The summed E-state index contributed by atoms with van der Waals surface area (Å²) in [6, 6.07) is 0.471. The molecule has 0 spiro atoms. The van der Waals surface area contributed by atoms with E-state index in [1.165, 1.54) is 13.3 Å². The van der Waals surface area contributed by atoms with Crippen molar-refractivity contribution in [1.29, 1.82) is 0 Å². The first-order valence-corrected chi connectivity index (χ1v) is 7.60. The quantitative estimate of drug-likeness (QED) is 0.786. The molecule has 3 rings (SSSR count). The number of rotatable bonds is 2. The summed E-state index contributed by atoms with van der Waals surface area (Å²) in [5, 5.41) is 5.43. The van der Waals surface area contributed by atoms with E-state index in [1.54, 1.807) is 0 Å². The van der Waals surface area contributed by atoms with Crippen molar-refractivity contribution in [2.45, 2.75) is 31.8 Å². The number of hydrogen-bond donors (Lipinski definition) is 0. The molecular weight excluding hydrogens is 306 g/mol. The van der Waals surface area contributed by atoms with Gasteiger partial charge in [0.25, 0.3) is 0 Å². The molecule has 8 heteroatoms. The van der Waals surface area contributed by atoms with Gasteiger partial charge in [0.05, 0.1) is 18.5 Å². The van der Waals surface area contributed by atoms with Crippen molar-refractivity contribution in [3.8, 4) is 0 Å². The lowest BCUT2D eigenvalue weighted by molar-refractivity contribution is 0.0587. The van der Waals surface area contributed by atoms with Gasteiger partial charge in [0.15, 0.2) is 10.8 Å². The van der Waals surface area contributed by atoms with E-state index in [-0.39, 0.29) is 11.9 Å². The molecular formula is C14H18ClN5O2. The Balaban J connectivity index is 2.10. The summed E-state index contributed by atoms with van der Waals surface area (Å²) in [4.78, 5) is 22.2. The Labute approximate surface area is 133 Å². The summed E-state index contributed by atoms with van der Waals surface area (Å²) in [5.74, 6) is -0.552. The lowest BCUT2D eigenvalue weighted by atomic mass is 9.98. The van der Waals surface area contributed by atoms with E-state index >= 15 is 0 Å². The number of likely N-dealkylation sites (N-methyl/N-ethyl adjacent to an activating group) is 1. The monoisotopic (exact) mass is 323 g/mol. The second-order valence-corrected chi connectivity index (χ2v) is 5.95. The molecule has 0 aromatic carbocycles. The van der Waals surface area contributed by atoms with Crippen molar-refractivity contribution in [3.63, 3.8) is 0 Å². The Morgan fingerprint density at radius 2 is 2.27 bits per heavy atom. The van der Waals surface area contributed by atoms with Crippen LogP contribution in [0.5, 0.6) is 0 Å². The smallest absolute Gasteiger partial charge is 0.376 e. The number of nitrogens with zero attached hydrogens (tertiary/aromatic N) is 5. The summed E-state index contributed by atoms with van der Waals surface area (Å²) >= 11 is 6.21. The van der Waals surface area contributed by atoms with Crippen LogP contribution in [-0.2, 0) is 4.74 Å². The van der Waals surface area contributed by atoms with Crippen LogP contribution in [0.4, 0.5) is 0 Å². The third kappa shape index (κ3) is 2.44. The van der Waals surface area contributed by atoms with Crippen LogP contribution in [0.25, 0.3) is 11.0 Å². The van der Waals surface area contributed by atoms with Crippen molar-refractivity contribution in [1.82, 2.24) is 24.6 Å². The number of esters is 1. The van der Waals surface area contributed by atoms with Crippen molar-refractivity contribution in [2.75, 3.05) is 20.7 Å². The van der Waals surface area contributed by atoms with E-state index in [4.69, 9.17) is 11.6 Å². The molecule has 1 fully saturated rings. The Kier molecular flexibility index (Phi) is 4.01. The lowest BCUT2D eigenvalue weighted by Gasteiger charge is -2.36. The Morgan fingerprint density at radius 3 is 3.00 bits per heavy atom. The Bertz CT molecular complexity index is 717. The van der Waals surface area contributed by atoms with Gasteiger partial charge < -0.3 is 9.64 Å². The van der Waals surface area contributed by atoms with E-state index in [0.29, 0.717) is 22.2 Å². The lowest BCUT2D eigenvalue weighted by Crippen LogP contribution is -2.42. The second kappa shape index (κ2) is 5.81. The Morgan fingerprint density at radius 1 is 1.50 bits per heavy atom. The molecule has 1 aliphatic rings. The van der Waals surface area contributed by atoms with Crippen LogP contribution >= 0.6 is 11.6 Å². The largest absolute Gasteiger partial charge is 0.463 e. The highest BCUT2D eigenvalue weighted by atomic mass is 35.5. The minimum absolute atomic E-state index is 0.0182. The number of ether oxygens (including phenoxy) is 1. The number of piperidine rings is 1. The van der Waals surface area contributed by atoms with Gasteiger partial charge in [-0.3, -0.25) is 0 Å². The fraction of sp³-hybridized carbons (Fsp3) is 0.571. The molecule has 118 valence electrons. The topological polar surface area (TPSA) is 73.1 Å². The molecule has 2 aromatic heterocycles. The van der Waals surface area contributed by atoms with E-state index in [2.05, 4.69) is 38.7 Å². The van der Waals surface area contributed by atoms with Gasteiger partial charge in [-0.05, 0) is 33.4 Å². The highest BCUT2D eigenvalue weighted by Gasteiger charge is 2.30. The van der Waals surface area contributed by atoms with Crippen molar-refractivity contribution < 1.29 is 9.53 Å². The summed E-state index contributed by atoms with van der Waals surface area (Å²) < 4.78 is 6.51. The van der Waals surface area contributed by atoms with Gasteiger partial charge in [-0.1, -0.05) is 11.6 Å². The predicted molar refractivity (Wildman–Crippen MR) is 82.0 cm³/mol. The first-order valence-electron chi connectivity index (χ1n) is 7.22. The zero-order valence-electron chi connectivity index (χ0n) is 12.8. The molecule has 0 saturated carbocycles. The molecule has 0 bridgehead atoms. The summed E-state index contributed by atoms with van der Waals surface area (Å²) in [6.45, 7) is 3.22. The minimum Gasteiger partial charge on any atom is -0.463 e. The molecule has 2 unspecified atom stereocenters. The van der Waals surface area contributed by atoms with Crippen LogP contribution in [0.3, 0.4) is 0 Å². The van der Waals surface area contributed by atoms with Crippen molar-refractivity contribution >= 4 is 28.6 Å². The summed E-state index contributed by atoms with van der Waals surface area (Å²) in [6.07, 6.45) is 3.60. The molecule has 1 saturated heterocycles. The zero-order valence-corrected chi connectivity index (χ0v) is 13.5. The average Bonchev–Trinajstić information content (AvgIpc) is 2.85. The minimum atomic E-state index is -0.570. The van der Waals surface area contributed by atoms with E-state index in [9.17, 15) is 4.79 Å². The molecule has 2 aromatic rings. The SMILES string of the molecule is COC(=O)c1ncc2c(Cl)nn(C3CCCN(C)C3C)c2n1. The highest BCUT2D eigenvalue weighted by Crippen LogP contribution is 2.31. The van der Waals surface area contributed by atoms with Crippen LogP contribution in [0.2, 0.25) is 5.15 Å². The molecule has 0 radical (unpaired) electrons. The Hall–Kier alpha value is -1.73. The van der Waals surface area contributed by atoms with Crippen LogP contribution in [0.15, 0.2) is 6.20 Å². The zero-order chi connectivity index (χ0) is 15.9. The van der Waals surface area contributed by atoms with Gasteiger partial charge in [0.2, 0.25) is 5.82 Å². The number of aromatic nitrogens is 4. The maximum absolute atomic E-state index is 11.6. The van der Waals surface area contributed by atoms with Gasteiger partial charge in [-0.25, -0.2) is 19.4 Å². The maximum Gasteiger partial charge on any atom is 0.376 e. The highest BCUT2D eigenvalue weighted by molar-refractivity contribution is 6.34. The van der Waals surface area contributed by atoms with Gasteiger partial charge in [0.1, 0.15) is 0 Å². The molecule has 7 nitrogen and oxygen atoms in total. The number of halogens is 1. The number of fused-ring (bicyclic) bond motifs is 1. The molecule has 2 atom stereocenters.